The second-order valence-corrected chi connectivity index (χ2v) is 8.03. The molecule has 33 heavy (non-hydrogen) atoms. The Hall–Kier alpha value is -3.82. The number of nitrogens with one attached hydrogen (secondary N) is 1. The normalized spacial score (nSPS) is 14.5. The summed E-state index contributed by atoms with van der Waals surface area (Å²) >= 11 is 0. The van der Waals surface area contributed by atoms with Crippen molar-refractivity contribution in [1.82, 2.24) is 9.13 Å². The van der Waals surface area contributed by atoms with Crippen molar-refractivity contribution in [2.24, 2.45) is 20.0 Å². The van der Waals surface area contributed by atoms with E-state index in [-0.39, 0.29) is 17.6 Å². The van der Waals surface area contributed by atoms with Crippen LogP contribution in [0.2, 0.25) is 0 Å². The molecular weight excluding hydrogens is 428 g/mol. The number of rotatable bonds is 5. The maximum atomic E-state index is 12.7. The molecule has 1 saturated heterocycles. The lowest BCUT2D eigenvalue weighted by Crippen LogP contribution is -2.40. The second-order valence-electron chi connectivity index (χ2n) is 8.03. The summed E-state index contributed by atoms with van der Waals surface area (Å²) in [4.78, 5) is 51.6. The van der Waals surface area contributed by atoms with E-state index in [1.54, 1.807) is 38.2 Å². The summed E-state index contributed by atoms with van der Waals surface area (Å²) in [5, 5.41) is 2.87. The molecule has 4 rings (SSSR count). The number of aromatic nitrogens is 2. The molecule has 1 fully saturated rings. The zero-order valence-electron chi connectivity index (χ0n) is 18.8. The maximum Gasteiger partial charge on any atom is 0.316 e. The number of nitrogens with zero attached hydrogens (tertiary/aromatic N) is 3. The Morgan fingerprint density at radius 1 is 1.09 bits per heavy atom. The van der Waals surface area contributed by atoms with E-state index in [0.29, 0.717) is 54.9 Å². The molecular formula is C23H26N4O6. The fourth-order valence-electron chi connectivity index (χ4n) is 4.18. The van der Waals surface area contributed by atoms with Crippen LogP contribution >= 0.6 is 0 Å². The first-order chi connectivity index (χ1) is 15.8. The van der Waals surface area contributed by atoms with Crippen LogP contribution in [0.3, 0.4) is 0 Å². The minimum Gasteiger partial charge on any atom is -0.466 e. The molecule has 10 heteroatoms. The van der Waals surface area contributed by atoms with Crippen molar-refractivity contribution in [3.05, 3.63) is 57.0 Å². The van der Waals surface area contributed by atoms with Crippen LogP contribution in [0.5, 0.6) is 0 Å². The Labute approximate surface area is 189 Å². The molecule has 3 aromatic rings. The van der Waals surface area contributed by atoms with Crippen LogP contribution < -0.4 is 21.3 Å². The van der Waals surface area contributed by atoms with Crippen molar-refractivity contribution in [2.45, 2.75) is 19.8 Å². The summed E-state index contributed by atoms with van der Waals surface area (Å²) < 4.78 is 12.9. The van der Waals surface area contributed by atoms with E-state index < -0.39 is 17.0 Å². The number of hydrogen-bond donors (Lipinski definition) is 1. The third-order valence-electron chi connectivity index (χ3n) is 6.06. The molecule has 0 saturated carbocycles. The van der Waals surface area contributed by atoms with Gasteiger partial charge in [-0.1, -0.05) is 0 Å². The predicted molar refractivity (Wildman–Crippen MR) is 123 cm³/mol. The van der Waals surface area contributed by atoms with Gasteiger partial charge >= 0.3 is 17.1 Å². The second kappa shape index (κ2) is 8.97. The molecule has 0 bridgehead atoms. The Morgan fingerprint density at radius 3 is 2.30 bits per heavy atom. The number of carbonyl (C=O) groups is 2. The number of benzene rings is 1. The highest BCUT2D eigenvalue weighted by atomic mass is 16.5. The number of piperidine rings is 1. The highest BCUT2D eigenvalue weighted by molar-refractivity contribution is 6.05. The highest BCUT2D eigenvalue weighted by Crippen LogP contribution is 2.34. The molecule has 10 nitrogen and oxygen atoms in total. The van der Waals surface area contributed by atoms with Crippen LogP contribution in [-0.2, 0) is 23.6 Å². The topological polar surface area (TPSA) is 116 Å². The molecule has 0 unspecified atom stereocenters. The average Bonchev–Trinajstić information content (AvgIpc) is 3.37. The molecule has 0 aliphatic carbocycles. The maximum absolute atomic E-state index is 12.7. The summed E-state index contributed by atoms with van der Waals surface area (Å²) in [5.74, 6) is -0.652. The van der Waals surface area contributed by atoms with Gasteiger partial charge in [0.25, 0.3) is 5.91 Å². The van der Waals surface area contributed by atoms with Crippen molar-refractivity contribution in [2.75, 3.05) is 29.9 Å². The van der Waals surface area contributed by atoms with Gasteiger partial charge in [0.05, 0.1) is 41.2 Å². The lowest BCUT2D eigenvalue weighted by molar-refractivity contribution is -0.148. The van der Waals surface area contributed by atoms with Gasteiger partial charge in [-0.2, -0.15) is 0 Å². The number of furan rings is 1. The van der Waals surface area contributed by atoms with Crippen LogP contribution in [0.15, 0.2) is 44.5 Å². The molecule has 1 aliphatic rings. The van der Waals surface area contributed by atoms with Gasteiger partial charge in [-0.15, -0.1) is 0 Å². The van der Waals surface area contributed by atoms with Crippen LogP contribution in [0.25, 0.3) is 11.0 Å². The fourth-order valence-corrected chi connectivity index (χ4v) is 4.18. The van der Waals surface area contributed by atoms with Gasteiger partial charge in [-0.05, 0) is 44.0 Å². The van der Waals surface area contributed by atoms with E-state index in [9.17, 15) is 19.2 Å². The Morgan fingerprint density at radius 2 is 1.73 bits per heavy atom. The first-order valence-corrected chi connectivity index (χ1v) is 10.8. The standard InChI is InChI=1S/C23H26N4O6/c1-4-32-23(31)14-7-9-27(10-8-14)16-13-18-17(25(2)21(29)22(30)26(18)3)12-15(16)24-20(28)19-6-5-11-33-19/h5-6,11-14H,4,7-10H2,1-3H3,(H,24,28). The zero-order chi connectivity index (χ0) is 23.7. The third-order valence-corrected chi connectivity index (χ3v) is 6.06. The largest absolute Gasteiger partial charge is 0.466 e. The van der Waals surface area contributed by atoms with Crippen LogP contribution in [0.4, 0.5) is 11.4 Å². The summed E-state index contributed by atoms with van der Waals surface area (Å²) in [7, 11) is 3.07. The molecule has 0 atom stereocenters. The van der Waals surface area contributed by atoms with Crippen molar-refractivity contribution in [1.29, 1.82) is 0 Å². The molecule has 3 heterocycles. The average molecular weight is 454 g/mol. The lowest BCUT2D eigenvalue weighted by atomic mass is 9.96. The number of esters is 1. The summed E-state index contributed by atoms with van der Waals surface area (Å²) in [6.07, 6.45) is 2.62. The third kappa shape index (κ3) is 4.15. The molecule has 1 aliphatic heterocycles. The van der Waals surface area contributed by atoms with E-state index in [2.05, 4.69) is 10.2 Å². The van der Waals surface area contributed by atoms with E-state index in [0.717, 1.165) is 0 Å². The number of ether oxygens (including phenoxy) is 1. The highest BCUT2D eigenvalue weighted by Gasteiger charge is 2.28. The van der Waals surface area contributed by atoms with E-state index in [1.165, 1.54) is 22.4 Å². The van der Waals surface area contributed by atoms with Gasteiger partial charge in [-0.25, -0.2) is 0 Å². The fraction of sp³-hybridized carbons (Fsp3) is 0.391. The van der Waals surface area contributed by atoms with Crippen molar-refractivity contribution < 1.29 is 18.7 Å². The number of carbonyl (C=O) groups excluding carboxylic acids is 2. The van der Waals surface area contributed by atoms with Gasteiger partial charge in [0.2, 0.25) is 0 Å². The molecule has 174 valence electrons. The first kappa shape index (κ1) is 22.4. The monoisotopic (exact) mass is 454 g/mol. The van der Waals surface area contributed by atoms with Gasteiger partial charge < -0.3 is 28.5 Å². The summed E-state index contributed by atoms with van der Waals surface area (Å²) in [6, 6.07) is 6.65. The summed E-state index contributed by atoms with van der Waals surface area (Å²) in [5.41, 5.74) is 0.939. The molecule has 2 aromatic heterocycles. The van der Waals surface area contributed by atoms with E-state index >= 15 is 0 Å². The number of hydrogen-bond acceptors (Lipinski definition) is 7. The van der Waals surface area contributed by atoms with Crippen molar-refractivity contribution in [3.8, 4) is 0 Å². The summed E-state index contributed by atoms with van der Waals surface area (Å²) in [6.45, 7) is 3.27. The molecule has 0 spiro atoms. The molecule has 0 radical (unpaired) electrons. The predicted octanol–water partition coefficient (Wildman–Crippen LogP) is 1.86. The van der Waals surface area contributed by atoms with Crippen LogP contribution in [0.1, 0.15) is 30.3 Å². The number of fused-ring (bicyclic) bond motifs is 1. The smallest absolute Gasteiger partial charge is 0.316 e. The molecule has 1 N–H and O–H groups in total. The van der Waals surface area contributed by atoms with Crippen LogP contribution in [-0.4, -0.2) is 40.7 Å². The molecule has 1 amide bonds. The minimum atomic E-state index is -0.656. The Kier molecular flexibility index (Phi) is 6.08. The van der Waals surface area contributed by atoms with E-state index in [4.69, 9.17) is 9.15 Å². The van der Waals surface area contributed by atoms with Gasteiger partial charge in [0.1, 0.15) is 0 Å². The minimum absolute atomic E-state index is 0.149. The zero-order valence-corrected chi connectivity index (χ0v) is 18.8. The quantitative estimate of drug-likeness (QED) is 0.462. The van der Waals surface area contributed by atoms with E-state index in [1.807, 2.05) is 0 Å². The van der Waals surface area contributed by atoms with Gasteiger partial charge in [0, 0.05) is 27.2 Å². The number of anilines is 2. The Bertz CT molecular complexity index is 1310. The number of aryl methyl sites for hydroxylation is 2. The van der Waals surface area contributed by atoms with Crippen LogP contribution in [0, 0.1) is 5.92 Å². The number of amides is 1. The van der Waals surface area contributed by atoms with Gasteiger partial charge in [-0.3, -0.25) is 19.2 Å². The molecule has 1 aromatic carbocycles. The SMILES string of the molecule is CCOC(=O)C1CCN(c2cc3c(cc2NC(=O)c2ccco2)n(C)c(=O)c(=O)n3C)CC1. The van der Waals surface area contributed by atoms with Crippen molar-refractivity contribution >= 4 is 34.3 Å². The van der Waals surface area contributed by atoms with Crippen molar-refractivity contribution in [3.63, 3.8) is 0 Å². The van der Waals surface area contributed by atoms with Gasteiger partial charge in [0.15, 0.2) is 5.76 Å². The first-order valence-electron chi connectivity index (χ1n) is 10.8. The Balaban J connectivity index is 1.76. The lowest BCUT2D eigenvalue weighted by Gasteiger charge is -2.34.